The van der Waals surface area contributed by atoms with Crippen LogP contribution < -0.4 is 4.90 Å². The monoisotopic (exact) mass is 348 g/mol. The Labute approximate surface area is 158 Å². The van der Waals surface area contributed by atoms with Crippen LogP contribution in [0.1, 0.15) is 5.56 Å². The molecule has 0 atom stereocenters. The molecule has 0 saturated carbocycles. The fraction of sp³-hybridized carbons (Fsp3) is 0.0400. The maximum atomic E-state index is 3.51. The lowest BCUT2D eigenvalue weighted by Gasteiger charge is -2.25. The van der Waals surface area contributed by atoms with Crippen molar-refractivity contribution in [3.63, 3.8) is 0 Å². The third-order valence-electron chi connectivity index (χ3n) is 5.02. The van der Waals surface area contributed by atoms with Crippen LogP contribution in [0.25, 0.3) is 21.8 Å². The summed E-state index contributed by atoms with van der Waals surface area (Å²) in [5, 5.41) is 2.50. The lowest BCUT2D eigenvalue weighted by molar-refractivity contribution is 1.27. The number of H-pyrrole nitrogens is 1. The number of benzene rings is 4. The lowest BCUT2D eigenvalue weighted by Crippen LogP contribution is -2.09. The highest BCUT2D eigenvalue weighted by Crippen LogP contribution is 2.37. The van der Waals surface area contributed by atoms with Gasteiger partial charge in [-0.15, -0.1) is 0 Å². The molecular weight excluding hydrogens is 328 g/mol. The van der Waals surface area contributed by atoms with Crippen LogP contribution in [0.3, 0.4) is 0 Å². The van der Waals surface area contributed by atoms with E-state index in [4.69, 9.17) is 0 Å². The first kappa shape index (κ1) is 15.7. The fourth-order valence-corrected chi connectivity index (χ4v) is 3.77. The van der Waals surface area contributed by atoms with E-state index in [0.717, 1.165) is 16.9 Å². The van der Waals surface area contributed by atoms with Crippen LogP contribution in [0.5, 0.6) is 0 Å². The molecule has 0 unspecified atom stereocenters. The first-order valence-corrected chi connectivity index (χ1v) is 9.22. The van der Waals surface area contributed by atoms with Gasteiger partial charge in [-0.05, 0) is 61.0 Å². The molecule has 0 saturated heterocycles. The number of aromatic amines is 1. The van der Waals surface area contributed by atoms with E-state index in [2.05, 4.69) is 114 Å². The van der Waals surface area contributed by atoms with Crippen molar-refractivity contribution in [2.45, 2.75) is 6.92 Å². The van der Waals surface area contributed by atoms with Crippen LogP contribution in [0, 0.1) is 6.92 Å². The number of rotatable bonds is 3. The second kappa shape index (κ2) is 6.33. The van der Waals surface area contributed by atoms with E-state index in [1.165, 1.54) is 27.5 Å². The number of para-hydroxylation sites is 2. The van der Waals surface area contributed by atoms with E-state index in [-0.39, 0.29) is 0 Å². The van der Waals surface area contributed by atoms with Crippen LogP contribution >= 0.6 is 0 Å². The Morgan fingerprint density at radius 1 is 0.556 bits per heavy atom. The molecule has 0 bridgehead atoms. The molecule has 0 amide bonds. The minimum absolute atomic E-state index is 1.15. The summed E-state index contributed by atoms with van der Waals surface area (Å²) in [5.41, 5.74) is 7.07. The zero-order chi connectivity index (χ0) is 18.2. The molecule has 2 heteroatoms. The van der Waals surface area contributed by atoms with Crippen LogP contribution in [-0.4, -0.2) is 4.98 Å². The number of hydrogen-bond acceptors (Lipinski definition) is 1. The first-order valence-electron chi connectivity index (χ1n) is 9.22. The van der Waals surface area contributed by atoms with Gasteiger partial charge in [0, 0.05) is 38.9 Å². The Morgan fingerprint density at radius 2 is 1.26 bits per heavy atom. The molecule has 27 heavy (non-hydrogen) atoms. The van der Waals surface area contributed by atoms with Gasteiger partial charge in [0.2, 0.25) is 0 Å². The predicted molar refractivity (Wildman–Crippen MR) is 115 cm³/mol. The molecule has 0 spiro atoms. The number of nitrogens with zero attached hydrogens (tertiary/aromatic N) is 1. The second-order valence-electron chi connectivity index (χ2n) is 6.91. The Hall–Kier alpha value is -3.52. The van der Waals surface area contributed by atoms with Crippen LogP contribution in [0.2, 0.25) is 0 Å². The van der Waals surface area contributed by atoms with Crippen molar-refractivity contribution in [3.8, 4) is 0 Å². The van der Waals surface area contributed by atoms with Gasteiger partial charge in [-0.1, -0.05) is 48.5 Å². The molecule has 130 valence electrons. The number of anilines is 3. The molecule has 0 radical (unpaired) electrons. The van der Waals surface area contributed by atoms with Gasteiger partial charge in [0.25, 0.3) is 0 Å². The topological polar surface area (TPSA) is 19.0 Å². The summed E-state index contributed by atoms with van der Waals surface area (Å²) in [6, 6.07) is 34.3. The summed E-state index contributed by atoms with van der Waals surface area (Å²) >= 11 is 0. The minimum Gasteiger partial charge on any atom is -0.355 e. The van der Waals surface area contributed by atoms with E-state index in [9.17, 15) is 0 Å². The zero-order valence-corrected chi connectivity index (χ0v) is 15.2. The van der Waals surface area contributed by atoms with E-state index in [0.29, 0.717) is 0 Å². The Kier molecular flexibility index (Phi) is 3.68. The van der Waals surface area contributed by atoms with Gasteiger partial charge in [-0.2, -0.15) is 0 Å². The van der Waals surface area contributed by atoms with Crippen molar-refractivity contribution >= 4 is 38.9 Å². The highest BCUT2D eigenvalue weighted by Gasteiger charge is 2.14. The minimum atomic E-state index is 1.15. The van der Waals surface area contributed by atoms with Crippen molar-refractivity contribution < 1.29 is 0 Å². The standard InChI is InChI=1S/C25H20N2/c1-18-8-7-11-20(16-18)27(19-9-3-2-4-10-19)21-14-15-25-23(17-21)22-12-5-6-13-24(22)26-25/h2-17,26H,1H3. The van der Waals surface area contributed by atoms with Crippen LogP contribution in [0.15, 0.2) is 97.1 Å². The second-order valence-corrected chi connectivity index (χ2v) is 6.91. The number of aryl methyl sites for hydroxylation is 1. The first-order chi connectivity index (χ1) is 13.3. The molecule has 0 fully saturated rings. The maximum absolute atomic E-state index is 3.51. The largest absolute Gasteiger partial charge is 0.355 e. The third-order valence-corrected chi connectivity index (χ3v) is 5.02. The summed E-state index contributed by atoms with van der Waals surface area (Å²) in [4.78, 5) is 5.83. The van der Waals surface area contributed by atoms with Crippen molar-refractivity contribution in [1.29, 1.82) is 0 Å². The van der Waals surface area contributed by atoms with Gasteiger partial charge < -0.3 is 9.88 Å². The number of aromatic nitrogens is 1. The number of hydrogen-bond donors (Lipinski definition) is 1. The van der Waals surface area contributed by atoms with Crippen LogP contribution in [0.4, 0.5) is 17.1 Å². The Bertz CT molecular complexity index is 1240. The van der Waals surface area contributed by atoms with Crippen LogP contribution in [-0.2, 0) is 0 Å². The molecule has 0 aliphatic rings. The molecule has 4 aromatic carbocycles. The van der Waals surface area contributed by atoms with Gasteiger partial charge in [0.15, 0.2) is 0 Å². The Balaban J connectivity index is 1.75. The van der Waals surface area contributed by atoms with E-state index < -0.39 is 0 Å². The molecule has 1 heterocycles. The van der Waals surface area contributed by atoms with Crippen molar-refractivity contribution in [3.05, 3.63) is 103 Å². The van der Waals surface area contributed by atoms with Crippen molar-refractivity contribution in [1.82, 2.24) is 4.98 Å². The summed E-state index contributed by atoms with van der Waals surface area (Å²) in [7, 11) is 0. The summed E-state index contributed by atoms with van der Waals surface area (Å²) in [6.45, 7) is 2.13. The molecule has 2 nitrogen and oxygen atoms in total. The smallest absolute Gasteiger partial charge is 0.0469 e. The average molecular weight is 348 g/mol. The van der Waals surface area contributed by atoms with E-state index >= 15 is 0 Å². The van der Waals surface area contributed by atoms with E-state index in [1.54, 1.807) is 0 Å². The number of fused-ring (bicyclic) bond motifs is 3. The predicted octanol–water partition coefficient (Wildman–Crippen LogP) is 7.10. The Morgan fingerprint density at radius 3 is 2.11 bits per heavy atom. The quantitative estimate of drug-likeness (QED) is 0.368. The normalized spacial score (nSPS) is 11.1. The molecular formula is C25H20N2. The summed E-state index contributed by atoms with van der Waals surface area (Å²) in [6.07, 6.45) is 0. The lowest BCUT2D eigenvalue weighted by atomic mass is 10.1. The summed E-state index contributed by atoms with van der Waals surface area (Å²) in [5.74, 6) is 0. The maximum Gasteiger partial charge on any atom is 0.0469 e. The van der Waals surface area contributed by atoms with E-state index in [1.807, 2.05) is 0 Å². The molecule has 1 N–H and O–H groups in total. The van der Waals surface area contributed by atoms with Crippen molar-refractivity contribution in [2.75, 3.05) is 4.90 Å². The zero-order valence-electron chi connectivity index (χ0n) is 15.2. The average Bonchev–Trinajstić information content (AvgIpc) is 3.07. The fourth-order valence-electron chi connectivity index (χ4n) is 3.77. The highest BCUT2D eigenvalue weighted by atomic mass is 15.1. The SMILES string of the molecule is Cc1cccc(N(c2ccccc2)c2ccc3[nH]c4ccccc4c3c2)c1. The molecule has 5 aromatic rings. The summed E-state index contributed by atoms with van der Waals surface area (Å²) < 4.78 is 0. The van der Waals surface area contributed by atoms with Gasteiger partial charge in [-0.25, -0.2) is 0 Å². The van der Waals surface area contributed by atoms with Gasteiger partial charge in [0.1, 0.15) is 0 Å². The van der Waals surface area contributed by atoms with Gasteiger partial charge in [0.05, 0.1) is 0 Å². The number of nitrogens with one attached hydrogen (secondary N) is 1. The molecule has 0 aliphatic carbocycles. The van der Waals surface area contributed by atoms with Crippen molar-refractivity contribution in [2.24, 2.45) is 0 Å². The highest BCUT2D eigenvalue weighted by molar-refractivity contribution is 6.08. The molecule has 5 rings (SSSR count). The van der Waals surface area contributed by atoms with Gasteiger partial charge in [-0.3, -0.25) is 0 Å². The molecule has 0 aliphatic heterocycles. The van der Waals surface area contributed by atoms with Gasteiger partial charge >= 0.3 is 0 Å². The third kappa shape index (κ3) is 2.76. The molecule has 1 aromatic heterocycles.